The van der Waals surface area contributed by atoms with Crippen LogP contribution in [0.2, 0.25) is 0 Å². The van der Waals surface area contributed by atoms with Gasteiger partial charge in [-0.25, -0.2) is 0 Å². The SMILES string of the molecule is CN=C(NCC1CN2CCN1CC2)N1CCN(CC(=O)N2CCCCC2)CC1. The van der Waals surface area contributed by atoms with Crippen molar-refractivity contribution >= 4 is 11.9 Å². The molecule has 5 aliphatic heterocycles. The summed E-state index contributed by atoms with van der Waals surface area (Å²) in [6.45, 7) is 13.2. The summed E-state index contributed by atoms with van der Waals surface area (Å²) >= 11 is 0. The van der Waals surface area contributed by atoms with E-state index in [1.54, 1.807) is 0 Å². The van der Waals surface area contributed by atoms with Gasteiger partial charge in [0.2, 0.25) is 5.91 Å². The molecule has 28 heavy (non-hydrogen) atoms. The van der Waals surface area contributed by atoms with E-state index in [0.717, 1.165) is 64.6 Å². The summed E-state index contributed by atoms with van der Waals surface area (Å²) in [5.74, 6) is 1.33. The molecule has 0 aromatic rings. The molecular formula is C20H37N7O. The molecule has 0 saturated carbocycles. The van der Waals surface area contributed by atoms with Crippen LogP contribution in [0.25, 0.3) is 0 Å². The molecule has 5 rings (SSSR count). The number of carbonyl (C=O) groups excluding carboxylic acids is 1. The maximum atomic E-state index is 12.5. The van der Waals surface area contributed by atoms with E-state index in [1.807, 2.05) is 7.05 Å². The molecule has 5 fully saturated rings. The molecule has 1 amide bonds. The Morgan fingerprint density at radius 3 is 2.21 bits per heavy atom. The minimum absolute atomic E-state index is 0.312. The zero-order valence-electron chi connectivity index (χ0n) is 17.5. The summed E-state index contributed by atoms with van der Waals surface area (Å²) in [4.78, 5) is 28.9. The fourth-order valence-corrected chi connectivity index (χ4v) is 5.01. The van der Waals surface area contributed by atoms with Gasteiger partial charge in [0.1, 0.15) is 0 Å². The number of aliphatic imine (C=N–C) groups is 1. The average Bonchev–Trinajstić information content (AvgIpc) is 2.76. The molecule has 158 valence electrons. The van der Waals surface area contributed by atoms with Crippen molar-refractivity contribution in [2.75, 3.05) is 92.1 Å². The van der Waals surface area contributed by atoms with E-state index in [4.69, 9.17) is 0 Å². The minimum Gasteiger partial charge on any atom is -0.355 e. The van der Waals surface area contributed by atoms with E-state index in [-0.39, 0.29) is 0 Å². The number of piperazine rings is 4. The maximum Gasteiger partial charge on any atom is 0.236 e. The van der Waals surface area contributed by atoms with Crippen LogP contribution in [0.5, 0.6) is 0 Å². The van der Waals surface area contributed by atoms with E-state index >= 15 is 0 Å². The van der Waals surface area contributed by atoms with Crippen LogP contribution in [0, 0.1) is 0 Å². The lowest BCUT2D eigenvalue weighted by atomic mass is 10.1. The van der Waals surface area contributed by atoms with E-state index in [2.05, 4.69) is 34.8 Å². The van der Waals surface area contributed by atoms with Gasteiger partial charge in [0, 0.05) is 91.6 Å². The monoisotopic (exact) mass is 391 g/mol. The lowest BCUT2D eigenvalue weighted by Crippen LogP contribution is -2.64. The number of hydrogen-bond donors (Lipinski definition) is 1. The van der Waals surface area contributed by atoms with Crippen LogP contribution >= 0.6 is 0 Å². The molecule has 0 aromatic heterocycles. The lowest BCUT2D eigenvalue weighted by molar-refractivity contribution is -0.133. The summed E-state index contributed by atoms with van der Waals surface area (Å²) in [5.41, 5.74) is 0. The molecule has 0 spiro atoms. The Kier molecular flexibility index (Phi) is 6.69. The molecule has 8 nitrogen and oxygen atoms in total. The highest BCUT2D eigenvalue weighted by atomic mass is 16.2. The number of likely N-dealkylation sites (tertiary alicyclic amines) is 1. The second-order valence-electron chi connectivity index (χ2n) is 8.62. The van der Waals surface area contributed by atoms with Crippen LogP contribution in [0.4, 0.5) is 0 Å². The molecule has 1 unspecified atom stereocenters. The number of amides is 1. The number of rotatable bonds is 4. The predicted molar refractivity (Wildman–Crippen MR) is 112 cm³/mol. The van der Waals surface area contributed by atoms with Crippen molar-refractivity contribution in [2.24, 2.45) is 4.99 Å². The predicted octanol–water partition coefficient (Wildman–Crippen LogP) is -0.808. The standard InChI is InChI=1S/C20H37N7O/c1-21-20(22-15-18-16-23-7-11-25(18)12-8-23)27-13-9-24(10-14-27)17-19(28)26-5-3-2-4-6-26/h18H,2-17H2,1H3,(H,21,22). The first-order valence-corrected chi connectivity index (χ1v) is 11.1. The summed E-state index contributed by atoms with van der Waals surface area (Å²) in [7, 11) is 1.88. The number of piperidine rings is 1. The number of hydrogen-bond acceptors (Lipinski definition) is 5. The summed E-state index contributed by atoms with van der Waals surface area (Å²) < 4.78 is 0. The van der Waals surface area contributed by atoms with Gasteiger partial charge in [-0.15, -0.1) is 0 Å². The topological polar surface area (TPSA) is 57.7 Å². The van der Waals surface area contributed by atoms with Gasteiger partial charge >= 0.3 is 0 Å². The van der Waals surface area contributed by atoms with Crippen molar-refractivity contribution in [3.05, 3.63) is 0 Å². The number of guanidine groups is 1. The minimum atomic E-state index is 0.312. The van der Waals surface area contributed by atoms with Crippen LogP contribution in [-0.4, -0.2) is 135 Å². The van der Waals surface area contributed by atoms with Crippen LogP contribution in [-0.2, 0) is 4.79 Å². The number of nitrogens with one attached hydrogen (secondary N) is 1. The summed E-state index contributed by atoms with van der Waals surface area (Å²) in [5, 5.41) is 3.61. The first-order valence-electron chi connectivity index (χ1n) is 11.1. The molecule has 2 bridgehead atoms. The summed E-state index contributed by atoms with van der Waals surface area (Å²) in [6.07, 6.45) is 3.60. The first-order chi connectivity index (χ1) is 13.7. The fraction of sp³-hybridized carbons (Fsp3) is 0.900. The average molecular weight is 392 g/mol. The van der Waals surface area contributed by atoms with E-state index in [9.17, 15) is 4.79 Å². The maximum absolute atomic E-state index is 12.5. The largest absolute Gasteiger partial charge is 0.355 e. The van der Waals surface area contributed by atoms with Crippen molar-refractivity contribution in [1.29, 1.82) is 0 Å². The number of carbonyl (C=O) groups is 1. The lowest BCUT2D eigenvalue weighted by Gasteiger charge is -2.47. The van der Waals surface area contributed by atoms with Gasteiger partial charge in [-0.3, -0.25) is 24.5 Å². The van der Waals surface area contributed by atoms with Crippen molar-refractivity contribution in [1.82, 2.24) is 29.8 Å². The van der Waals surface area contributed by atoms with Crippen LogP contribution in [0.1, 0.15) is 19.3 Å². The second kappa shape index (κ2) is 9.41. The van der Waals surface area contributed by atoms with Crippen LogP contribution in [0.3, 0.4) is 0 Å². The third-order valence-corrected chi connectivity index (χ3v) is 6.84. The molecule has 0 aromatic carbocycles. The normalized spacial score (nSPS) is 31.9. The van der Waals surface area contributed by atoms with Gasteiger partial charge in [0.25, 0.3) is 0 Å². The number of fused-ring (bicyclic) bond motifs is 3. The van der Waals surface area contributed by atoms with Gasteiger partial charge in [0.15, 0.2) is 5.96 Å². The van der Waals surface area contributed by atoms with Gasteiger partial charge < -0.3 is 15.1 Å². The molecule has 8 heteroatoms. The van der Waals surface area contributed by atoms with Gasteiger partial charge in [-0.1, -0.05) is 0 Å². The van der Waals surface area contributed by atoms with Crippen LogP contribution < -0.4 is 5.32 Å². The molecule has 1 N–H and O–H groups in total. The molecule has 5 aliphatic rings. The Balaban J connectivity index is 1.19. The molecule has 0 aliphatic carbocycles. The zero-order chi connectivity index (χ0) is 19.3. The Morgan fingerprint density at radius 1 is 0.893 bits per heavy atom. The zero-order valence-corrected chi connectivity index (χ0v) is 17.5. The highest BCUT2D eigenvalue weighted by Crippen LogP contribution is 2.15. The van der Waals surface area contributed by atoms with Crippen molar-refractivity contribution < 1.29 is 4.79 Å². The van der Waals surface area contributed by atoms with E-state index in [0.29, 0.717) is 18.5 Å². The Bertz CT molecular complexity index is 547. The third-order valence-electron chi connectivity index (χ3n) is 6.84. The summed E-state index contributed by atoms with van der Waals surface area (Å²) in [6, 6.07) is 0.600. The molecule has 5 saturated heterocycles. The fourth-order valence-electron chi connectivity index (χ4n) is 5.01. The van der Waals surface area contributed by atoms with Crippen molar-refractivity contribution in [3.63, 3.8) is 0 Å². The Morgan fingerprint density at radius 2 is 1.61 bits per heavy atom. The Hall–Kier alpha value is -1.38. The molecular weight excluding hydrogens is 354 g/mol. The first kappa shape index (κ1) is 19.9. The van der Waals surface area contributed by atoms with Gasteiger partial charge in [-0.2, -0.15) is 0 Å². The molecule has 5 heterocycles. The van der Waals surface area contributed by atoms with E-state index in [1.165, 1.54) is 39.1 Å². The van der Waals surface area contributed by atoms with Gasteiger partial charge in [0.05, 0.1) is 6.54 Å². The smallest absolute Gasteiger partial charge is 0.236 e. The highest BCUT2D eigenvalue weighted by Gasteiger charge is 2.32. The molecule has 0 radical (unpaired) electrons. The number of nitrogens with zero attached hydrogens (tertiary/aromatic N) is 6. The van der Waals surface area contributed by atoms with E-state index < -0.39 is 0 Å². The molecule has 1 atom stereocenters. The Labute approximate surface area is 169 Å². The van der Waals surface area contributed by atoms with Crippen molar-refractivity contribution in [2.45, 2.75) is 25.3 Å². The second-order valence-corrected chi connectivity index (χ2v) is 8.62. The quantitative estimate of drug-likeness (QED) is 0.500. The van der Waals surface area contributed by atoms with Gasteiger partial charge in [-0.05, 0) is 19.3 Å². The van der Waals surface area contributed by atoms with Crippen molar-refractivity contribution in [3.8, 4) is 0 Å². The highest BCUT2D eigenvalue weighted by molar-refractivity contribution is 5.80. The van der Waals surface area contributed by atoms with Crippen LogP contribution in [0.15, 0.2) is 4.99 Å². The third kappa shape index (κ3) is 4.78.